The monoisotopic (exact) mass is 357 g/mol. The van der Waals surface area contributed by atoms with Crippen molar-refractivity contribution in [1.82, 2.24) is 24.1 Å². The molecule has 0 amide bonds. The van der Waals surface area contributed by atoms with Crippen LogP contribution < -0.4 is 0 Å². The molecule has 10 heteroatoms. The maximum atomic E-state index is 12.8. The van der Waals surface area contributed by atoms with Crippen molar-refractivity contribution in [3.63, 3.8) is 0 Å². The minimum atomic E-state index is -3.88. The van der Waals surface area contributed by atoms with Gasteiger partial charge in [0, 0.05) is 37.6 Å². The lowest BCUT2D eigenvalue weighted by atomic mass is 9.96. The standard InChI is InChI=1S/C14H17F2N5O2S/c1-10-13(8-19-21(10)14(15)16)24(22,23)20-6-2-3-11(9-20)12-7-17-4-5-18-12/h4-5,7-8,11,14H,2-3,6,9H2,1H3/t11-/m0/s1. The van der Waals surface area contributed by atoms with Crippen LogP contribution in [0.2, 0.25) is 0 Å². The van der Waals surface area contributed by atoms with Gasteiger partial charge in [0.05, 0.1) is 17.6 Å². The lowest BCUT2D eigenvalue weighted by Gasteiger charge is -2.31. The molecule has 0 N–H and O–H groups in total. The van der Waals surface area contributed by atoms with E-state index in [0.29, 0.717) is 17.6 Å². The first kappa shape index (κ1) is 16.9. The SMILES string of the molecule is Cc1c(S(=O)(=O)N2CCC[C@H](c3cnccn3)C2)cnn1C(F)F. The van der Waals surface area contributed by atoms with Gasteiger partial charge in [-0.15, -0.1) is 0 Å². The van der Waals surface area contributed by atoms with E-state index in [9.17, 15) is 17.2 Å². The van der Waals surface area contributed by atoms with E-state index in [4.69, 9.17) is 0 Å². The van der Waals surface area contributed by atoms with Crippen molar-refractivity contribution in [1.29, 1.82) is 0 Å². The fraction of sp³-hybridized carbons (Fsp3) is 0.500. The lowest BCUT2D eigenvalue weighted by molar-refractivity contribution is 0.0541. The molecule has 1 aliphatic rings. The molecule has 1 atom stereocenters. The Morgan fingerprint density at radius 1 is 1.29 bits per heavy atom. The molecule has 3 heterocycles. The molecule has 0 unspecified atom stereocenters. The van der Waals surface area contributed by atoms with Crippen molar-refractivity contribution in [3.8, 4) is 0 Å². The van der Waals surface area contributed by atoms with Gasteiger partial charge in [0.2, 0.25) is 10.0 Å². The van der Waals surface area contributed by atoms with Gasteiger partial charge in [-0.1, -0.05) is 0 Å². The molecular weight excluding hydrogens is 340 g/mol. The van der Waals surface area contributed by atoms with Crippen molar-refractivity contribution in [2.75, 3.05) is 13.1 Å². The molecule has 2 aromatic heterocycles. The van der Waals surface area contributed by atoms with Crippen LogP contribution in [-0.2, 0) is 10.0 Å². The van der Waals surface area contributed by atoms with Gasteiger partial charge >= 0.3 is 6.55 Å². The zero-order valence-electron chi connectivity index (χ0n) is 13.0. The molecule has 1 fully saturated rings. The first-order valence-electron chi connectivity index (χ1n) is 7.49. The summed E-state index contributed by atoms with van der Waals surface area (Å²) >= 11 is 0. The van der Waals surface area contributed by atoms with Crippen LogP contribution in [0.15, 0.2) is 29.7 Å². The molecular formula is C14H17F2N5O2S. The van der Waals surface area contributed by atoms with Crippen LogP contribution in [0, 0.1) is 6.92 Å². The molecule has 0 saturated carbocycles. The van der Waals surface area contributed by atoms with Crippen LogP contribution in [0.3, 0.4) is 0 Å². The van der Waals surface area contributed by atoms with Crippen molar-refractivity contribution in [2.24, 2.45) is 0 Å². The molecule has 130 valence electrons. The van der Waals surface area contributed by atoms with Crippen molar-refractivity contribution in [2.45, 2.75) is 37.1 Å². The van der Waals surface area contributed by atoms with Crippen LogP contribution >= 0.6 is 0 Å². The van der Waals surface area contributed by atoms with Gasteiger partial charge in [0.15, 0.2) is 0 Å². The fourth-order valence-electron chi connectivity index (χ4n) is 2.92. The van der Waals surface area contributed by atoms with Gasteiger partial charge in [-0.25, -0.2) is 13.1 Å². The molecule has 0 radical (unpaired) electrons. The number of sulfonamides is 1. The van der Waals surface area contributed by atoms with Crippen LogP contribution in [0.1, 0.15) is 36.7 Å². The van der Waals surface area contributed by atoms with E-state index in [2.05, 4.69) is 15.1 Å². The van der Waals surface area contributed by atoms with Gasteiger partial charge in [-0.05, 0) is 19.8 Å². The second-order valence-electron chi connectivity index (χ2n) is 5.65. The third-order valence-electron chi connectivity index (χ3n) is 4.19. The van der Waals surface area contributed by atoms with Gasteiger partial charge in [-0.2, -0.15) is 18.2 Å². The highest BCUT2D eigenvalue weighted by molar-refractivity contribution is 7.89. The normalized spacial score (nSPS) is 19.8. The molecule has 24 heavy (non-hydrogen) atoms. The van der Waals surface area contributed by atoms with Crippen LogP contribution in [0.25, 0.3) is 0 Å². The molecule has 7 nitrogen and oxygen atoms in total. The van der Waals surface area contributed by atoms with Crippen molar-refractivity contribution >= 4 is 10.0 Å². The highest BCUT2D eigenvalue weighted by Crippen LogP contribution is 2.30. The Hall–Kier alpha value is -1.94. The number of halogens is 2. The molecule has 0 spiro atoms. The third kappa shape index (κ3) is 3.03. The van der Waals surface area contributed by atoms with E-state index in [1.54, 1.807) is 18.6 Å². The topological polar surface area (TPSA) is 81.0 Å². The third-order valence-corrected chi connectivity index (χ3v) is 6.16. The molecule has 1 aliphatic heterocycles. The Balaban J connectivity index is 1.87. The minimum Gasteiger partial charge on any atom is -0.261 e. The summed E-state index contributed by atoms with van der Waals surface area (Å²) < 4.78 is 53.0. The Morgan fingerprint density at radius 3 is 2.71 bits per heavy atom. The van der Waals surface area contributed by atoms with E-state index in [0.717, 1.165) is 18.3 Å². The van der Waals surface area contributed by atoms with Crippen LogP contribution in [0.5, 0.6) is 0 Å². The summed E-state index contributed by atoms with van der Waals surface area (Å²) in [5, 5.41) is 3.49. The summed E-state index contributed by atoms with van der Waals surface area (Å²) in [6.07, 6.45) is 7.22. The van der Waals surface area contributed by atoms with Gasteiger partial charge in [0.25, 0.3) is 0 Å². The maximum Gasteiger partial charge on any atom is 0.333 e. The Kier molecular flexibility index (Phi) is 4.59. The smallest absolute Gasteiger partial charge is 0.261 e. The van der Waals surface area contributed by atoms with Gasteiger partial charge in [0.1, 0.15) is 4.90 Å². The van der Waals surface area contributed by atoms with Gasteiger partial charge in [-0.3, -0.25) is 9.97 Å². The minimum absolute atomic E-state index is 0.0623. The molecule has 0 aromatic carbocycles. The summed E-state index contributed by atoms with van der Waals surface area (Å²) in [5.41, 5.74) is 0.670. The predicted molar refractivity (Wildman–Crippen MR) is 81.0 cm³/mol. The molecule has 0 bridgehead atoms. The number of aromatic nitrogens is 4. The number of alkyl halides is 2. The van der Waals surface area contributed by atoms with E-state index >= 15 is 0 Å². The average Bonchev–Trinajstić information content (AvgIpc) is 2.98. The van der Waals surface area contributed by atoms with E-state index in [1.807, 2.05) is 0 Å². The number of nitrogens with zero attached hydrogens (tertiary/aromatic N) is 5. The highest BCUT2D eigenvalue weighted by atomic mass is 32.2. The largest absolute Gasteiger partial charge is 0.333 e. The summed E-state index contributed by atoms with van der Waals surface area (Å²) in [5.74, 6) is -0.0623. The van der Waals surface area contributed by atoms with E-state index in [1.165, 1.54) is 11.2 Å². The summed E-state index contributed by atoms with van der Waals surface area (Å²) in [6, 6.07) is 0. The fourth-order valence-corrected chi connectivity index (χ4v) is 4.59. The van der Waals surface area contributed by atoms with Crippen LogP contribution in [0.4, 0.5) is 8.78 Å². The second kappa shape index (κ2) is 6.52. The van der Waals surface area contributed by atoms with E-state index < -0.39 is 16.6 Å². The first-order valence-corrected chi connectivity index (χ1v) is 8.93. The number of rotatable bonds is 4. The summed E-state index contributed by atoms with van der Waals surface area (Å²) in [4.78, 5) is 8.07. The highest BCUT2D eigenvalue weighted by Gasteiger charge is 2.34. The first-order chi connectivity index (χ1) is 11.4. The van der Waals surface area contributed by atoms with Gasteiger partial charge < -0.3 is 0 Å². The zero-order chi connectivity index (χ0) is 17.3. The second-order valence-corrected chi connectivity index (χ2v) is 7.56. The molecule has 1 saturated heterocycles. The van der Waals surface area contributed by atoms with E-state index in [-0.39, 0.29) is 23.1 Å². The molecule has 3 rings (SSSR count). The number of hydrogen-bond acceptors (Lipinski definition) is 5. The Labute approximate surface area is 138 Å². The number of hydrogen-bond donors (Lipinski definition) is 0. The molecule has 2 aromatic rings. The zero-order valence-corrected chi connectivity index (χ0v) is 13.8. The lowest BCUT2D eigenvalue weighted by Crippen LogP contribution is -2.39. The Bertz CT molecular complexity index is 810. The summed E-state index contributed by atoms with van der Waals surface area (Å²) in [6.45, 7) is -0.947. The Morgan fingerprint density at radius 2 is 2.08 bits per heavy atom. The average molecular weight is 357 g/mol. The van der Waals surface area contributed by atoms with Crippen molar-refractivity contribution in [3.05, 3.63) is 36.2 Å². The molecule has 0 aliphatic carbocycles. The van der Waals surface area contributed by atoms with Crippen molar-refractivity contribution < 1.29 is 17.2 Å². The summed E-state index contributed by atoms with van der Waals surface area (Å²) in [7, 11) is -3.88. The van der Waals surface area contributed by atoms with Crippen LogP contribution in [-0.4, -0.2) is 45.6 Å². The maximum absolute atomic E-state index is 12.8. The quantitative estimate of drug-likeness (QED) is 0.835. The number of piperidine rings is 1. The predicted octanol–water partition coefficient (Wildman–Crippen LogP) is 1.94.